The van der Waals surface area contributed by atoms with Crippen LogP contribution in [0.1, 0.15) is 27.8 Å². The van der Waals surface area contributed by atoms with Gasteiger partial charge in [0.2, 0.25) is 0 Å². The van der Waals surface area contributed by atoms with Gasteiger partial charge in [-0.15, -0.1) is 0 Å². The van der Waals surface area contributed by atoms with Gasteiger partial charge in [0.1, 0.15) is 17.0 Å². The molecular weight excluding hydrogens is 336 g/mol. The molecule has 0 bridgehead atoms. The van der Waals surface area contributed by atoms with Crippen molar-refractivity contribution in [3.63, 3.8) is 0 Å². The summed E-state index contributed by atoms with van der Waals surface area (Å²) in [5, 5.41) is 4.45. The zero-order valence-corrected chi connectivity index (χ0v) is 14.2. The summed E-state index contributed by atoms with van der Waals surface area (Å²) in [5.41, 5.74) is 1.77. The monoisotopic (exact) mass is 352 g/mol. The molecule has 0 amide bonds. The minimum Gasteiger partial charge on any atom is -0.464 e. The van der Waals surface area contributed by atoms with Crippen LogP contribution in [0, 0.1) is 0 Å². The molecule has 3 aromatic rings. The summed E-state index contributed by atoms with van der Waals surface area (Å²) in [7, 11) is 1.26. The summed E-state index contributed by atoms with van der Waals surface area (Å²) in [6.45, 7) is 1.96. The first-order valence-corrected chi connectivity index (χ1v) is 7.87. The lowest BCUT2D eigenvalue weighted by atomic mass is 10.2. The number of hydrogen-bond donors (Lipinski definition) is 0. The topological polar surface area (TPSA) is 96.2 Å². The summed E-state index contributed by atoms with van der Waals surface area (Å²) in [6.07, 6.45) is 4.23. The van der Waals surface area contributed by atoms with Gasteiger partial charge in [-0.2, -0.15) is 5.10 Å². The van der Waals surface area contributed by atoms with E-state index in [1.807, 2.05) is 30.3 Å². The van der Waals surface area contributed by atoms with Gasteiger partial charge in [-0.25, -0.2) is 19.3 Å². The van der Waals surface area contributed by atoms with E-state index in [-0.39, 0.29) is 17.9 Å². The van der Waals surface area contributed by atoms with Crippen LogP contribution < -0.4 is 0 Å². The second kappa shape index (κ2) is 7.56. The molecule has 2 heterocycles. The lowest BCUT2D eigenvalue weighted by molar-refractivity contribution is 0.0526. The summed E-state index contributed by atoms with van der Waals surface area (Å²) in [6, 6.07) is 9.34. The number of methoxy groups -OCH3 is 1. The number of nitrogens with zero attached hydrogens (tertiary/aromatic N) is 4. The molecule has 1 aromatic carbocycles. The molecule has 26 heavy (non-hydrogen) atoms. The van der Waals surface area contributed by atoms with Crippen LogP contribution in [-0.2, 0) is 9.47 Å². The summed E-state index contributed by atoms with van der Waals surface area (Å²) in [4.78, 5) is 32.0. The molecule has 0 saturated carbocycles. The van der Waals surface area contributed by atoms with Crippen molar-refractivity contribution in [2.75, 3.05) is 13.7 Å². The third-order valence-corrected chi connectivity index (χ3v) is 3.52. The van der Waals surface area contributed by atoms with Crippen LogP contribution >= 0.6 is 0 Å². The van der Waals surface area contributed by atoms with Crippen molar-refractivity contribution in [3.05, 3.63) is 60.2 Å². The number of hydrogen-bond acceptors (Lipinski definition) is 7. The summed E-state index contributed by atoms with van der Waals surface area (Å²) < 4.78 is 11.3. The minimum atomic E-state index is -0.593. The van der Waals surface area contributed by atoms with Crippen molar-refractivity contribution in [3.8, 4) is 17.1 Å². The van der Waals surface area contributed by atoms with Gasteiger partial charge >= 0.3 is 11.9 Å². The van der Waals surface area contributed by atoms with Gasteiger partial charge < -0.3 is 9.47 Å². The summed E-state index contributed by atoms with van der Waals surface area (Å²) in [5.74, 6) is -1.10. The van der Waals surface area contributed by atoms with Crippen LogP contribution in [-0.4, -0.2) is 45.4 Å². The summed E-state index contributed by atoms with van der Waals surface area (Å²) >= 11 is 0. The molecule has 8 heteroatoms. The Bertz CT molecular complexity index is 920. The standard InChI is InChI=1S/C18H16N4O4/c1-3-26-17(23)13-11-22(12-7-5-4-6-8-12)21-16(13)14-9-20-15(10-19-14)18(24)25-2/h4-11H,3H2,1-2H3. The fraction of sp³-hybridized carbons (Fsp3) is 0.167. The number of carbonyl (C=O) groups excluding carboxylic acids is 2. The Hall–Kier alpha value is -3.55. The SMILES string of the molecule is CCOC(=O)c1cn(-c2ccccc2)nc1-c1cnc(C(=O)OC)cn1. The smallest absolute Gasteiger partial charge is 0.358 e. The predicted octanol–water partition coefficient (Wildman–Crippen LogP) is 2.29. The van der Waals surface area contributed by atoms with E-state index in [9.17, 15) is 9.59 Å². The highest BCUT2D eigenvalue weighted by Crippen LogP contribution is 2.22. The molecule has 0 fully saturated rings. The largest absolute Gasteiger partial charge is 0.464 e. The number of esters is 2. The van der Waals surface area contributed by atoms with E-state index in [4.69, 9.17) is 4.74 Å². The van der Waals surface area contributed by atoms with Gasteiger partial charge in [0.25, 0.3) is 0 Å². The van der Waals surface area contributed by atoms with Crippen molar-refractivity contribution < 1.29 is 19.1 Å². The van der Waals surface area contributed by atoms with Crippen molar-refractivity contribution in [1.29, 1.82) is 0 Å². The number of carbonyl (C=O) groups is 2. The van der Waals surface area contributed by atoms with Crippen molar-refractivity contribution in [2.24, 2.45) is 0 Å². The van der Waals surface area contributed by atoms with Gasteiger partial charge in [0.05, 0.1) is 31.8 Å². The van der Waals surface area contributed by atoms with Crippen LogP contribution in [0.5, 0.6) is 0 Å². The van der Waals surface area contributed by atoms with E-state index in [0.717, 1.165) is 5.69 Å². The molecule has 0 spiro atoms. The normalized spacial score (nSPS) is 10.4. The first-order valence-electron chi connectivity index (χ1n) is 7.87. The molecule has 0 radical (unpaired) electrons. The van der Waals surface area contributed by atoms with Crippen molar-refractivity contribution in [2.45, 2.75) is 6.92 Å². The van der Waals surface area contributed by atoms with E-state index in [0.29, 0.717) is 11.4 Å². The molecule has 0 N–H and O–H groups in total. The molecule has 2 aromatic heterocycles. The van der Waals surface area contributed by atoms with Crippen LogP contribution in [0.3, 0.4) is 0 Å². The second-order valence-electron chi connectivity index (χ2n) is 5.17. The molecule has 0 atom stereocenters. The molecule has 8 nitrogen and oxygen atoms in total. The minimum absolute atomic E-state index is 0.0661. The quantitative estimate of drug-likeness (QED) is 0.650. The highest BCUT2D eigenvalue weighted by molar-refractivity contribution is 5.95. The average Bonchev–Trinajstić information content (AvgIpc) is 3.14. The third kappa shape index (κ3) is 3.44. The first kappa shape index (κ1) is 17.3. The Morgan fingerprint density at radius 2 is 1.85 bits per heavy atom. The van der Waals surface area contributed by atoms with Gasteiger partial charge in [-0.3, -0.25) is 4.98 Å². The second-order valence-corrected chi connectivity index (χ2v) is 5.17. The van der Waals surface area contributed by atoms with Gasteiger partial charge in [-0.05, 0) is 19.1 Å². The zero-order chi connectivity index (χ0) is 18.5. The maximum Gasteiger partial charge on any atom is 0.358 e. The maximum atomic E-state index is 12.3. The third-order valence-electron chi connectivity index (χ3n) is 3.52. The molecule has 0 aliphatic heterocycles. The van der Waals surface area contributed by atoms with Crippen LogP contribution in [0.2, 0.25) is 0 Å². The Kier molecular flexibility index (Phi) is 5.02. The van der Waals surface area contributed by atoms with Crippen molar-refractivity contribution in [1.82, 2.24) is 19.7 Å². The van der Waals surface area contributed by atoms with Crippen LogP contribution in [0.25, 0.3) is 17.1 Å². The first-order chi connectivity index (χ1) is 12.6. The average molecular weight is 352 g/mol. The molecule has 0 aliphatic carbocycles. The van der Waals surface area contributed by atoms with E-state index in [1.165, 1.54) is 19.5 Å². The number of benzene rings is 1. The molecule has 0 unspecified atom stereocenters. The Morgan fingerprint density at radius 1 is 1.08 bits per heavy atom. The lowest BCUT2D eigenvalue weighted by Crippen LogP contribution is -2.07. The van der Waals surface area contributed by atoms with Gasteiger partial charge in [0, 0.05) is 6.20 Å². The zero-order valence-electron chi connectivity index (χ0n) is 14.2. The van der Waals surface area contributed by atoms with Crippen LogP contribution in [0.15, 0.2) is 48.9 Å². The fourth-order valence-electron chi connectivity index (χ4n) is 2.29. The highest BCUT2D eigenvalue weighted by atomic mass is 16.5. The van der Waals surface area contributed by atoms with E-state index < -0.39 is 11.9 Å². The van der Waals surface area contributed by atoms with Gasteiger partial charge in [0.15, 0.2) is 5.69 Å². The Morgan fingerprint density at radius 3 is 2.46 bits per heavy atom. The number of aromatic nitrogens is 4. The van der Waals surface area contributed by atoms with E-state index in [2.05, 4.69) is 19.8 Å². The van der Waals surface area contributed by atoms with E-state index in [1.54, 1.807) is 17.8 Å². The highest BCUT2D eigenvalue weighted by Gasteiger charge is 2.21. The Balaban J connectivity index is 2.05. The van der Waals surface area contributed by atoms with Gasteiger partial charge in [-0.1, -0.05) is 18.2 Å². The number of para-hydroxylation sites is 1. The number of ether oxygens (including phenoxy) is 2. The lowest BCUT2D eigenvalue weighted by Gasteiger charge is -2.02. The molecule has 132 valence electrons. The molecular formula is C18H16N4O4. The number of rotatable bonds is 5. The molecule has 3 rings (SSSR count). The van der Waals surface area contributed by atoms with E-state index >= 15 is 0 Å². The van der Waals surface area contributed by atoms with Crippen molar-refractivity contribution >= 4 is 11.9 Å². The molecule has 0 saturated heterocycles. The van der Waals surface area contributed by atoms with Crippen LogP contribution in [0.4, 0.5) is 0 Å². The Labute approximate surface area is 149 Å². The molecule has 0 aliphatic rings. The maximum absolute atomic E-state index is 12.3. The fourth-order valence-corrected chi connectivity index (χ4v) is 2.29. The predicted molar refractivity (Wildman–Crippen MR) is 91.9 cm³/mol.